The van der Waals surface area contributed by atoms with Crippen molar-refractivity contribution in [1.29, 1.82) is 0 Å². The number of benzene rings is 2. The molecule has 11 heteroatoms. The van der Waals surface area contributed by atoms with E-state index in [4.69, 9.17) is 0 Å². The van der Waals surface area contributed by atoms with Gasteiger partial charge >= 0.3 is 6.18 Å². The van der Waals surface area contributed by atoms with Gasteiger partial charge in [0.15, 0.2) is 0 Å². The lowest BCUT2D eigenvalue weighted by Gasteiger charge is -2.15. The molecule has 1 aromatic heterocycles. The molecule has 0 atom stereocenters. The zero-order valence-corrected chi connectivity index (χ0v) is 13.9. The van der Waals surface area contributed by atoms with E-state index in [1.54, 1.807) is 0 Å². The molecule has 0 aliphatic rings. The summed E-state index contributed by atoms with van der Waals surface area (Å²) in [5, 5.41) is 16.1. The number of halogens is 4. The molecule has 2 aromatic carbocycles. The second kappa shape index (κ2) is 7.47. The van der Waals surface area contributed by atoms with E-state index < -0.39 is 34.0 Å². The van der Waals surface area contributed by atoms with Gasteiger partial charge in [0.05, 0.1) is 4.92 Å². The number of anilines is 4. The van der Waals surface area contributed by atoms with Gasteiger partial charge in [0.25, 0.3) is 5.69 Å². The summed E-state index contributed by atoms with van der Waals surface area (Å²) in [6.45, 7) is 0. The Balaban J connectivity index is 2.00. The summed E-state index contributed by atoms with van der Waals surface area (Å²) >= 11 is 0. The predicted octanol–water partition coefficient (Wildman–Crippen LogP) is 5.03. The number of nitrogens with one attached hydrogen (secondary N) is 2. The second-order valence-electron chi connectivity index (χ2n) is 5.48. The lowest BCUT2D eigenvalue weighted by molar-refractivity contribution is -0.383. The largest absolute Gasteiger partial charge is 0.421 e. The summed E-state index contributed by atoms with van der Waals surface area (Å²) < 4.78 is 52.9. The average Bonchev–Trinajstić information content (AvgIpc) is 2.63. The van der Waals surface area contributed by atoms with Crippen molar-refractivity contribution in [3.8, 4) is 0 Å². The predicted molar refractivity (Wildman–Crippen MR) is 93.1 cm³/mol. The number of nitrogens with zero attached hydrogens (tertiary/aromatic N) is 3. The molecule has 0 spiro atoms. The normalized spacial score (nSPS) is 11.1. The summed E-state index contributed by atoms with van der Waals surface area (Å²) in [7, 11) is 0. The van der Waals surface area contributed by atoms with Crippen LogP contribution in [0.1, 0.15) is 5.56 Å². The Kier molecular flexibility index (Phi) is 5.07. The van der Waals surface area contributed by atoms with Gasteiger partial charge in [0, 0.05) is 18.0 Å². The molecular formula is C17H11F4N5O2. The Labute approximate surface area is 155 Å². The van der Waals surface area contributed by atoms with Crippen LogP contribution in [0.5, 0.6) is 0 Å². The van der Waals surface area contributed by atoms with Gasteiger partial charge in [-0.05, 0) is 30.3 Å². The number of alkyl halides is 3. The number of nitro benzene ring substituents is 1. The molecule has 0 unspecified atom stereocenters. The SMILES string of the molecule is O=[N+]([O-])c1ccccc1Nc1nc(Nc2ccc(F)cc2)ncc1C(F)(F)F. The first kappa shape index (κ1) is 19.0. The van der Waals surface area contributed by atoms with Crippen molar-refractivity contribution >= 4 is 28.8 Å². The highest BCUT2D eigenvalue weighted by molar-refractivity contribution is 5.70. The standard InChI is InChI=1S/C17H11F4N5O2/c18-10-5-7-11(8-6-10)23-16-22-9-12(17(19,20)21)15(25-16)24-13-3-1-2-4-14(13)26(27)28/h1-9H,(H2,22,23,24,25). The average molecular weight is 393 g/mol. The van der Waals surface area contributed by atoms with Crippen molar-refractivity contribution in [2.75, 3.05) is 10.6 Å². The number of rotatable bonds is 5. The highest BCUT2D eigenvalue weighted by atomic mass is 19.4. The smallest absolute Gasteiger partial charge is 0.334 e. The van der Waals surface area contributed by atoms with Crippen LogP contribution in [-0.2, 0) is 6.18 Å². The third kappa shape index (κ3) is 4.31. The lowest BCUT2D eigenvalue weighted by atomic mass is 10.2. The van der Waals surface area contributed by atoms with Gasteiger partial charge in [-0.15, -0.1) is 0 Å². The molecule has 0 aliphatic heterocycles. The molecule has 0 saturated heterocycles. The zero-order chi connectivity index (χ0) is 20.3. The van der Waals surface area contributed by atoms with Crippen LogP contribution in [0, 0.1) is 15.9 Å². The van der Waals surface area contributed by atoms with Gasteiger partial charge < -0.3 is 10.6 Å². The number of hydrogen-bond acceptors (Lipinski definition) is 6. The summed E-state index contributed by atoms with van der Waals surface area (Å²) in [5.74, 6) is -1.36. The van der Waals surface area contributed by atoms with Crippen LogP contribution in [-0.4, -0.2) is 14.9 Å². The molecule has 0 fully saturated rings. The van der Waals surface area contributed by atoms with Crippen molar-refractivity contribution in [3.63, 3.8) is 0 Å². The summed E-state index contributed by atoms with van der Waals surface area (Å²) in [5.41, 5.74) is -1.43. The Morgan fingerprint density at radius 1 is 1.00 bits per heavy atom. The zero-order valence-electron chi connectivity index (χ0n) is 13.9. The van der Waals surface area contributed by atoms with E-state index in [0.29, 0.717) is 11.9 Å². The van der Waals surface area contributed by atoms with Crippen LogP contribution in [0.4, 0.5) is 46.4 Å². The van der Waals surface area contributed by atoms with Crippen molar-refractivity contribution in [2.24, 2.45) is 0 Å². The number of hydrogen-bond donors (Lipinski definition) is 2. The maximum absolute atomic E-state index is 13.3. The molecule has 0 amide bonds. The first-order valence-electron chi connectivity index (χ1n) is 7.71. The molecule has 0 radical (unpaired) electrons. The third-order valence-corrected chi connectivity index (χ3v) is 3.55. The molecule has 2 N–H and O–H groups in total. The number of nitro groups is 1. The maximum Gasteiger partial charge on any atom is 0.421 e. The van der Waals surface area contributed by atoms with E-state index in [-0.39, 0.29) is 11.6 Å². The van der Waals surface area contributed by atoms with Gasteiger partial charge in [-0.2, -0.15) is 18.2 Å². The summed E-state index contributed by atoms with van der Waals surface area (Å²) in [6, 6.07) is 10.2. The fraction of sp³-hybridized carbons (Fsp3) is 0.0588. The molecule has 7 nitrogen and oxygen atoms in total. The van der Waals surface area contributed by atoms with Crippen LogP contribution in [0.15, 0.2) is 54.7 Å². The number of aromatic nitrogens is 2. The minimum atomic E-state index is -4.79. The Morgan fingerprint density at radius 2 is 1.68 bits per heavy atom. The van der Waals surface area contributed by atoms with Crippen LogP contribution >= 0.6 is 0 Å². The third-order valence-electron chi connectivity index (χ3n) is 3.55. The Hall–Kier alpha value is -3.76. The molecule has 0 bridgehead atoms. The summed E-state index contributed by atoms with van der Waals surface area (Å²) in [4.78, 5) is 17.8. The van der Waals surface area contributed by atoms with E-state index in [1.807, 2.05) is 0 Å². The van der Waals surface area contributed by atoms with Gasteiger partial charge in [-0.1, -0.05) is 12.1 Å². The van der Waals surface area contributed by atoms with Crippen LogP contribution in [0.25, 0.3) is 0 Å². The molecule has 144 valence electrons. The van der Waals surface area contributed by atoms with E-state index in [2.05, 4.69) is 20.6 Å². The Bertz CT molecular complexity index is 1010. The van der Waals surface area contributed by atoms with E-state index in [1.165, 1.54) is 30.3 Å². The van der Waals surface area contributed by atoms with Gasteiger partial charge in [-0.25, -0.2) is 9.37 Å². The fourth-order valence-electron chi connectivity index (χ4n) is 2.27. The van der Waals surface area contributed by atoms with Crippen molar-refractivity contribution in [3.05, 3.63) is 76.2 Å². The highest BCUT2D eigenvalue weighted by Crippen LogP contribution is 2.36. The molecular weight excluding hydrogens is 382 g/mol. The van der Waals surface area contributed by atoms with Crippen molar-refractivity contribution in [1.82, 2.24) is 9.97 Å². The molecule has 0 saturated carbocycles. The maximum atomic E-state index is 13.3. The first-order valence-corrected chi connectivity index (χ1v) is 7.71. The second-order valence-corrected chi connectivity index (χ2v) is 5.48. The molecule has 28 heavy (non-hydrogen) atoms. The van der Waals surface area contributed by atoms with E-state index >= 15 is 0 Å². The van der Waals surface area contributed by atoms with Crippen molar-refractivity contribution < 1.29 is 22.5 Å². The van der Waals surface area contributed by atoms with E-state index in [0.717, 1.165) is 18.2 Å². The minimum absolute atomic E-state index is 0.163. The molecule has 3 aromatic rings. The number of para-hydroxylation sites is 2. The fourth-order valence-corrected chi connectivity index (χ4v) is 2.27. The molecule has 1 heterocycles. The Morgan fingerprint density at radius 3 is 2.32 bits per heavy atom. The lowest BCUT2D eigenvalue weighted by Crippen LogP contribution is -2.13. The van der Waals surface area contributed by atoms with Gasteiger partial charge in [0.1, 0.15) is 22.9 Å². The van der Waals surface area contributed by atoms with Crippen LogP contribution in [0.2, 0.25) is 0 Å². The quantitative estimate of drug-likeness (QED) is 0.359. The summed E-state index contributed by atoms with van der Waals surface area (Å²) in [6.07, 6.45) is -4.24. The van der Waals surface area contributed by atoms with Crippen molar-refractivity contribution in [2.45, 2.75) is 6.18 Å². The topological polar surface area (TPSA) is 93.0 Å². The minimum Gasteiger partial charge on any atom is -0.334 e. The molecule has 3 rings (SSSR count). The van der Waals surface area contributed by atoms with Gasteiger partial charge in [0.2, 0.25) is 5.95 Å². The first-order chi connectivity index (χ1) is 13.2. The van der Waals surface area contributed by atoms with Gasteiger partial charge in [-0.3, -0.25) is 10.1 Å². The molecule has 0 aliphatic carbocycles. The monoisotopic (exact) mass is 393 g/mol. The van der Waals surface area contributed by atoms with Crippen LogP contribution < -0.4 is 10.6 Å². The van der Waals surface area contributed by atoms with Crippen LogP contribution in [0.3, 0.4) is 0 Å². The highest BCUT2D eigenvalue weighted by Gasteiger charge is 2.35. The van der Waals surface area contributed by atoms with E-state index in [9.17, 15) is 27.7 Å².